The van der Waals surface area contributed by atoms with Gasteiger partial charge in [-0.2, -0.15) is 0 Å². The number of para-hydroxylation sites is 1. The van der Waals surface area contributed by atoms with Crippen LogP contribution in [-0.4, -0.2) is 39.9 Å². The van der Waals surface area contributed by atoms with Crippen LogP contribution in [0.1, 0.15) is 24.0 Å². The van der Waals surface area contributed by atoms with Gasteiger partial charge in [0.15, 0.2) is 5.96 Å². The quantitative estimate of drug-likeness (QED) is 0.302. The summed E-state index contributed by atoms with van der Waals surface area (Å²) in [5, 5.41) is 3.88. The molecular formula is C22H29ClIN3O3. The molecule has 0 radical (unpaired) electrons. The van der Waals surface area contributed by atoms with E-state index in [1.54, 1.807) is 14.2 Å². The number of hydrogen-bond donors (Lipinski definition) is 2. The van der Waals surface area contributed by atoms with Crippen molar-refractivity contribution in [2.75, 3.05) is 39.3 Å². The zero-order chi connectivity index (χ0) is 20.7. The van der Waals surface area contributed by atoms with Gasteiger partial charge in [0, 0.05) is 47.6 Å². The lowest BCUT2D eigenvalue weighted by atomic mass is 9.73. The van der Waals surface area contributed by atoms with E-state index in [0.717, 1.165) is 35.4 Å². The Kier molecular flexibility index (Phi) is 9.67. The molecule has 1 heterocycles. The van der Waals surface area contributed by atoms with Gasteiger partial charge in [-0.15, -0.1) is 24.0 Å². The molecule has 1 aliphatic rings. The number of nitrogens with two attached hydrogens (primary N) is 1. The molecule has 6 nitrogen and oxygen atoms in total. The third kappa shape index (κ3) is 6.00. The molecule has 0 saturated carbocycles. The lowest BCUT2D eigenvalue weighted by molar-refractivity contribution is 0.0523. The van der Waals surface area contributed by atoms with Crippen LogP contribution in [0.25, 0.3) is 0 Å². The van der Waals surface area contributed by atoms with E-state index in [2.05, 4.69) is 10.3 Å². The molecule has 30 heavy (non-hydrogen) atoms. The average Bonchev–Trinajstić information content (AvgIpc) is 2.74. The number of nitrogens with zero attached hydrogens (tertiary/aromatic N) is 1. The number of nitrogens with one attached hydrogen (secondary N) is 1. The van der Waals surface area contributed by atoms with Crippen molar-refractivity contribution in [1.29, 1.82) is 0 Å². The zero-order valence-electron chi connectivity index (χ0n) is 17.3. The molecule has 1 aliphatic heterocycles. The Bertz CT molecular complexity index is 857. The number of rotatable bonds is 7. The van der Waals surface area contributed by atoms with Gasteiger partial charge in [0.25, 0.3) is 0 Å². The fraction of sp³-hybridized carbons (Fsp3) is 0.409. The molecule has 0 aromatic heterocycles. The number of hydrogen-bond acceptors (Lipinski definition) is 4. The smallest absolute Gasteiger partial charge is 0.193 e. The predicted octanol–water partition coefficient (Wildman–Crippen LogP) is 4.59. The highest BCUT2D eigenvalue weighted by atomic mass is 127. The number of methoxy groups -OCH3 is 2. The molecule has 0 spiro atoms. The standard InChI is InChI=1S/C22H28ClN3O3.HI/c1-27-14-16-5-3-4-6-19(16)26-21(24)25-15-22(9-11-29-12-10-22)18-13-17(23)7-8-20(18)28-2;/h3-8,13H,9-12,14-15H2,1-2H3,(H3,24,25,26);1H. The molecule has 0 atom stereocenters. The highest BCUT2D eigenvalue weighted by Gasteiger charge is 2.37. The number of benzene rings is 2. The summed E-state index contributed by atoms with van der Waals surface area (Å²) in [5.74, 6) is 1.17. The van der Waals surface area contributed by atoms with E-state index in [-0.39, 0.29) is 29.4 Å². The molecular weight excluding hydrogens is 517 g/mol. The number of ether oxygens (including phenoxy) is 3. The third-order valence-corrected chi connectivity index (χ3v) is 5.55. The predicted molar refractivity (Wildman–Crippen MR) is 132 cm³/mol. The Balaban J connectivity index is 0.00000320. The van der Waals surface area contributed by atoms with E-state index in [0.29, 0.717) is 37.3 Å². The molecule has 0 bridgehead atoms. The summed E-state index contributed by atoms with van der Waals surface area (Å²) < 4.78 is 16.5. The first-order valence-corrected chi connectivity index (χ1v) is 10.0. The summed E-state index contributed by atoms with van der Waals surface area (Å²) in [6.07, 6.45) is 1.64. The van der Waals surface area contributed by atoms with Gasteiger partial charge in [-0.25, -0.2) is 0 Å². The average molecular weight is 546 g/mol. The largest absolute Gasteiger partial charge is 0.496 e. The maximum absolute atomic E-state index is 6.30. The van der Waals surface area contributed by atoms with Crippen LogP contribution in [0.3, 0.4) is 0 Å². The van der Waals surface area contributed by atoms with E-state index < -0.39 is 0 Å². The molecule has 8 heteroatoms. The van der Waals surface area contributed by atoms with E-state index in [1.807, 2.05) is 42.5 Å². The second-order valence-electron chi connectivity index (χ2n) is 7.15. The van der Waals surface area contributed by atoms with Crippen molar-refractivity contribution in [3.63, 3.8) is 0 Å². The summed E-state index contributed by atoms with van der Waals surface area (Å²) in [4.78, 5) is 4.69. The number of aliphatic imine (C=N–C) groups is 1. The summed E-state index contributed by atoms with van der Waals surface area (Å²) in [6.45, 7) is 2.33. The summed E-state index contributed by atoms with van der Waals surface area (Å²) in [6, 6.07) is 13.6. The molecule has 3 N–H and O–H groups in total. The van der Waals surface area contributed by atoms with E-state index in [4.69, 9.17) is 31.5 Å². The van der Waals surface area contributed by atoms with Crippen LogP contribution in [0.15, 0.2) is 47.5 Å². The van der Waals surface area contributed by atoms with Crippen LogP contribution in [0, 0.1) is 0 Å². The second-order valence-corrected chi connectivity index (χ2v) is 7.59. The molecule has 0 amide bonds. The van der Waals surface area contributed by atoms with Gasteiger partial charge < -0.3 is 25.3 Å². The van der Waals surface area contributed by atoms with Crippen molar-refractivity contribution >= 4 is 47.2 Å². The Morgan fingerprint density at radius 2 is 1.93 bits per heavy atom. The highest BCUT2D eigenvalue weighted by molar-refractivity contribution is 14.0. The van der Waals surface area contributed by atoms with E-state index in [9.17, 15) is 0 Å². The second kappa shape index (κ2) is 11.7. The minimum Gasteiger partial charge on any atom is -0.496 e. The number of guanidine groups is 1. The van der Waals surface area contributed by atoms with Crippen LogP contribution in [0.4, 0.5) is 5.69 Å². The van der Waals surface area contributed by atoms with Crippen molar-refractivity contribution in [3.05, 3.63) is 58.6 Å². The van der Waals surface area contributed by atoms with Crippen molar-refractivity contribution in [2.24, 2.45) is 10.7 Å². The summed E-state index contributed by atoms with van der Waals surface area (Å²) >= 11 is 6.30. The SMILES string of the molecule is COCc1ccccc1NC(N)=NCC1(c2cc(Cl)ccc2OC)CCOCC1.I. The molecule has 0 aliphatic carbocycles. The normalized spacial score (nSPS) is 15.9. The van der Waals surface area contributed by atoms with Crippen LogP contribution >= 0.6 is 35.6 Å². The highest BCUT2D eigenvalue weighted by Crippen LogP contribution is 2.41. The van der Waals surface area contributed by atoms with Crippen LogP contribution in [-0.2, 0) is 21.5 Å². The molecule has 164 valence electrons. The van der Waals surface area contributed by atoms with Gasteiger partial charge in [0.1, 0.15) is 5.75 Å². The first-order valence-electron chi connectivity index (χ1n) is 9.63. The Hall–Kier alpha value is -1.55. The Labute approximate surface area is 200 Å². The van der Waals surface area contributed by atoms with Gasteiger partial charge in [-0.1, -0.05) is 29.8 Å². The fourth-order valence-corrected chi connectivity index (χ4v) is 3.88. The van der Waals surface area contributed by atoms with Crippen molar-refractivity contribution in [2.45, 2.75) is 24.9 Å². The summed E-state index contributed by atoms with van der Waals surface area (Å²) in [7, 11) is 3.34. The topological polar surface area (TPSA) is 78.1 Å². The maximum Gasteiger partial charge on any atom is 0.193 e. The van der Waals surface area contributed by atoms with Crippen LogP contribution in [0.5, 0.6) is 5.75 Å². The van der Waals surface area contributed by atoms with Gasteiger partial charge in [-0.05, 0) is 37.1 Å². The minimum absolute atomic E-state index is 0. The van der Waals surface area contributed by atoms with Gasteiger partial charge in [0.05, 0.1) is 20.3 Å². The molecule has 1 saturated heterocycles. The summed E-state index contributed by atoms with van der Waals surface area (Å²) in [5.41, 5.74) is 8.94. The zero-order valence-corrected chi connectivity index (χ0v) is 20.4. The molecule has 1 fully saturated rings. The van der Waals surface area contributed by atoms with Gasteiger partial charge >= 0.3 is 0 Å². The lowest BCUT2D eigenvalue weighted by Crippen LogP contribution is -2.38. The molecule has 2 aromatic carbocycles. The van der Waals surface area contributed by atoms with Crippen LogP contribution < -0.4 is 15.8 Å². The minimum atomic E-state index is -0.243. The molecule has 0 unspecified atom stereocenters. The van der Waals surface area contributed by atoms with Gasteiger partial charge in [0.2, 0.25) is 0 Å². The van der Waals surface area contributed by atoms with E-state index >= 15 is 0 Å². The lowest BCUT2D eigenvalue weighted by Gasteiger charge is -2.37. The fourth-order valence-electron chi connectivity index (χ4n) is 3.71. The van der Waals surface area contributed by atoms with Gasteiger partial charge in [-0.3, -0.25) is 4.99 Å². The Morgan fingerprint density at radius 1 is 1.20 bits per heavy atom. The van der Waals surface area contributed by atoms with E-state index in [1.165, 1.54) is 0 Å². The number of anilines is 1. The number of halogens is 2. The first kappa shape index (κ1) is 24.7. The monoisotopic (exact) mass is 545 g/mol. The van der Waals surface area contributed by atoms with Crippen LogP contribution in [0.2, 0.25) is 5.02 Å². The molecule has 2 aromatic rings. The molecule has 3 rings (SSSR count). The van der Waals surface area contributed by atoms with Crippen molar-refractivity contribution in [3.8, 4) is 5.75 Å². The van der Waals surface area contributed by atoms with Crippen molar-refractivity contribution in [1.82, 2.24) is 0 Å². The maximum atomic E-state index is 6.30. The van der Waals surface area contributed by atoms with Crippen molar-refractivity contribution < 1.29 is 14.2 Å². The first-order chi connectivity index (χ1) is 14.1. The Morgan fingerprint density at radius 3 is 2.63 bits per heavy atom. The third-order valence-electron chi connectivity index (χ3n) is 5.31.